The van der Waals surface area contributed by atoms with Crippen molar-refractivity contribution in [2.75, 3.05) is 38.2 Å². The first-order chi connectivity index (χ1) is 12.7. The molecule has 0 bridgehead atoms. The number of hydrogen-bond acceptors (Lipinski definition) is 6. The van der Waals surface area contributed by atoms with Crippen LogP contribution in [0.5, 0.6) is 5.88 Å². The molecule has 1 aliphatic rings. The minimum absolute atomic E-state index is 0.180. The Hall–Kier alpha value is -2.67. The minimum Gasteiger partial charge on any atom is -0.481 e. The number of rotatable bonds is 4. The van der Waals surface area contributed by atoms with E-state index in [-0.39, 0.29) is 5.91 Å². The van der Waals surface area contributed by atoms with Gasteiger partial charge in [-0.3, -0.25) is 4.79 Å². The van der Waals surface area contributed by atoms with Gasteiger partial charge < -0.3 is 14.5 Å². The number of anilines is 1. The monoisotopic (exact) mass is 368 g/mol. The lowest BCUT2D eigenvalue weighted by molar-refractivity contribution is -0.130. The second-order valence-corrected chi connectivity index (χ2v) is 7.11. The minimum atomic E-state index is 0.180. The Bertz CT molecular complexity index is 919. The lowest BCUT2D eigenvalue weighted by Crippen LogP contribution is -2.49. The molecular formula is C19H20N4O2S. The molecule has 1 amide bonds. The van der Waals surface area contributed by atoms with Crippen LogP contribution < -0.4 is 9.64 Å². The summed E-state index contributed by atoms with van der Waals surface area (Å²) in [5, 5.41) is 3.29. The summed E-state index contributed by atoms with van der Waals surface area (Å²) in [6.07, 6.45) is 2.15. The number of thiophene rings is 1. The van der Waals surface area contributed by atoms with E-state index in [0.29, 0.717) is 31.3 Å². The van der Waals surface area contributed by atoms with Gasteiger partial charge in [0.15, 0.2) is 0 Å². The lowest BCUT2D eigenvalue weighted by Gasteiger charge is -2.34. The van der Waals surface area contributed by atoms with E-state index in [4.69, 9.17) is 4.74 Å². The molecule has 0 aliphatic carbocycles. The number of nitrogens with zero attached hydrogens (tertiary/aromatic N) is 4. The number of carbonyl (C=O) groups excluding carboxylic acids is 1. The van der Waals surface area contributed by atoms with Crippen LogP contribution in [0.4, 0.5) is 5.95 Å². The van der Waals surface area contributed by atoms with Crippen LogP contribution in [0.15, 0.2) is 41.9 Å². The number of amides is 1. The summed E-state index contributed by atoms with van der Waals surface area (Å²) in [6, 6.07) is 9.97. The molecule has 1 fully saturated rings. The number of carbonyl (C=O) groups is 1. The Labute approximate surface area is 156 Å². The fraction of sp³-hybridized carbons (Fsp3) is 0.316. The third-order valence-corrected chi connectivity index (χ3v) is 5.66. The molecule has 6 nitrogen and oxygen atoms in total. The molecule has 0 saturated carbocycles. The Morgan fingerprint density at radius 3 is 2.81 bits per heavy atom. The van der Waals surface area contributed by atoms with Crippen LogP contribution in [0.25, 0.3) is 10.1 Å². The molecule has 0 atom stereocenters. The molecule has 0 radical (unpaired) electrons. The predicted octanol–water partition coefficient (Wildman–Crippen LogP) is 2.59. The zero-order chi connectivity index (χ0) is 17.9. The number of benzene rings is 1. The van der Waals surface area contributed by atoms with Crippen molar-refractivity contribution in [1.82, 2.24) is 14.9 Å². The van der Waals surface area contributed by atoms with Crippen molar-refractivity contribution in [2.24, 2.45) is 0 Å². The largest absolute Gasteiger partial charge is 0.481 e. The molecule has 0 unspecified atom stereocenters. The molecule has 0 N–H and O–H groups in total. The summed E-state index contributed by atoms with van der Waals surface area (Å²) < 4.78 is 6.39. The molecule has 1 saturated heterocycles. The molecule has 3 aromatic rings. The van der Waals surface area contributed by atoms with Crippen LogP contribution in [0.1, 0.15) is 5.56 Å². The topological polar surface area (TPSA) is 58.6 Å². The number of piperazine rings is 1. The first-order valence-corrected chi connectivity index (χ1v) is 9.47. The normalized spacial score (nSPS) is 14.7. The third kappa shape index (κ3) is 3.35. The van der Waals surface area contributed by atoms with Gasteiger partial charge >= 0.3 is 0 Å². The van der Waals surface area contributed by atoms with E-state index in [9.17, 15) is 4.79 Å². The van der Waals surface area contributed by atoms with Crippen LogP contribution in [-0.4, -0.2) is 54.1 Å². The van der Waals surface area contributed by atoms with Crippen molar-refractivity contribution >= 4 is 33.3 Å². The van der Waals surface area contributed by atoms with E-state index >= 15 is 0 Å². The molecular weight excluding hydrogens is 348 g/mol. The highest BCUT2D eigenvalue weighted by atomic mass is 32.1. The molecule has 1 aromatic carbocycles. The van der Waals surface area contributed by atoms with Crippen LogP contribution in [0.3, 0.4) is 0 Å². The SMILES string of the molecule is COc1ccnc(N2CCN(C(=O)Cc3csc4ccccc34)CC2)n1. The standard InChI is InChI=1S/C19H20N4O2S/c1-25-17-6-7-20-19(21-17)23-10-8-22(9-11-23)18(24)12-14-13-26-16-5-3-2-4-15(14)16/h2-7,13H,8-12H2,1H3. The summed E-state index contributed by atoms with van der Waals surface area (Å²) >= 11 is 1.70. The van der Waals surface area contributed by atoms with E-state index in [2.05, 4.69) is 32.4 Å². The average molecular weight is 368 g/mol. The average Bonchev–Trinajstić information content (AvgIpc) is 3.11. The summed E-state index contributed by atoms with van der Waals surface area (Å²) in [7, 11) is 1.59. The molecule has 2 aromatic heterocycles. The smallest absolute Gasteiger partial charge is 0.228 e. The van der Waals surface area contributed by atoms with Crippen LogP contribution in [0, 0.1) is 0 Å². The van der Waals surface area contributed by atoms with Gasteiger partial charge in [0.05, 0.1) is 13.5 Å². The highest BCUT2D eigenvalue weighted by Gasteiger charge is 2.23. The van der Waals surface area contributed by atoms with Gasteiger partial charge in [0.25, 0.3) is 0 Å². The van der Waals surface area contributed by atoms with Crippen LogP contribution in [-0.2, 0) is 11.2 Å². The number of ether oxygens (including phenoxy) is 1. The number of hydrogen-bond donors (Lipinski definition) is 0. The van der Waals surface area contributed by atoms with Gasteiger partial charge in [-0.05, 0) is 22.4 Å². The maximum atomic E-state index is 12.7. The van der Waals surface area contributed by atoms with E-state index in [1.165, 1.54) is 10.1 Å². The van der Waals surface area contributed by atoms with Crippen molar-refractivity contribution < 1.29 is 9.53 Å². The van der Waals surface area contributed by atoms with Crippen molar-refractivity contribution in [2.45, 2.75) is 6.42 Å². The van der Waals surface area contributed by atoms with Crippen molar-refractivity contribution in [1.29, 1.82) is 0 Å². The fourth-order valence-electron chi connectivity index (χ4n) is 3.20. The second-order valence-electron chi connectivity index (χ2n) is 6.20. The molecule has 3 heterocycles. The zero-order valence-electron chi connectivity index (χ0n) is 14.6. The van der Waals surface area contributed by atoms with Gasteiger partial charge in [-0.1, -0.05) is 18.2 Å². The Morgan fingerprint density at radius 2 is 2.00 bits per heavy atom. The highest BCUT2D eigenvalue weighted by molar-refractivity contribution is 7.17. The highest BCUT2D eigenvalue weighted by Crippen LogP contribution is 2.26. The first kappa shape index (κ1) is 16.8. The van der Waals surface area contributed by atoms with Crippen molar-refractivity contribution in [3.8, 4) is 5.88 Å². The van der Waals surface area contributed by atoms with Crippen LogP contribution in [0.2, 0.25) is 0 Å². The number of methoxy groups -OCH3 is 1. The maximum Gasteiger partial charge on any atom is 0.228 e. The Balaban J connectivity index is 1.39. The predicted molar refractivity (Wildman–Crippen MR) is 103 cm³/mol. The molecule has 1 aliphatic heterocycles. The molecule has 0 spiro atoms. The van der Waals surface area contributed by atoms with E-state index < -0.39 is 0 Å². The molecule has 7 heteroatoms. The summed E-state index contributed by atoms with van der Waals surface area (Å²) in [6.45, 7) is 2.82. The summed E-state index contributed by atoms with van der Waals surface area (Å²) in [5.74, 6) is 1.39. The fourth-order valence-corrected chi connectivity index (χ4v) is 4.16. The molecule has 4 rings (SSSR count). The molecule has 134 valence electrons. The number of aromatic nitrogens is 2. The molecule has 26 heavy (non-hydrogen) atoms. The first-order valence-electron chi connectivity index (χ1n) is 8.59. The zero-order valence-corrected chi connectivity index (χ0v) is 15.4. The van der Waals surface area contributed by atoms with E-state index in [1.807, 2.05) is 17.0 Å². The van der Waals surface area contributed by atoms with E-state index in [1.54, 1.807) is 30.7 Å². The van der Waals surface area contributed by atoms with Gasteiger partial charge in [-0.15, -0.1) is 11.3 Å². The van der Waals surface area contributed by atoms with Gasteiger partial charge in [-0.25, -0.2) is 4.98 Å². The lowest BCUT2D eigenvalue weighted by atomic mass is 10.1. The summed E-state index contributed by atoms with van der Waals surface area (Å²) in [4.78, 5) is 25.4. The van der Waals surface area contributed by atoms with E-state index in [0.717, 1.165) is 18.7 Å². The maximum absolute atomic E-state index is 12.7. The quantitative estimate of drug-likeness (QED) is 0.708. The Morgan fingerprint density at radius 1 is 1.19 bits per heavy atom. The van der Waals surface area contributed by atoms with Gasteiger partial charge in [0.1, 0.15) is 0 Å². The van der Waals surface area contributed by atoms with Crippen LogP contribution >= 0.6 is 11.3 Å². The van der Waals surface area contributed by atoms with Crippen molar-refractivity contribution in [3.05, 3.63) is 47.5 Å². The van der Waals surface area contributed by atoms with Gasteiger partial charge in [0, 0.05) is 43.1 Å². The van der Waals surface area contributed by atoms with Gasteiger partial charge in [0.2, 0.25) is 17.7 Å². The third-order valence-electron chi connectivity index (χ3n) is 4.64. The van der Waals surface area contributed by atoms with Crippen molar-refractivity contribution in [3.63, 3.8) is 0 Å². The number of fused-ring (bicyclic) bond motifs is 1. The van der Waals surface area contributed by atoms with Gasteiger partial charge in [-0.2, -0.15) is 4.98 Å². The Kier molecular flexibility index (Phi) is 4.71. The second kappa shape index (κ2) is 7.29. The summed E-state index contributed by atoms with van der Waals surface area (Å²) in [5.41, 5.74) is 1.12.